The Morgan fingerprint density at radius 1 is 0.936 bits per heavy atom. The van der Waals surface area contributed by atoms with E-state index in [2.05, 4.69) is 109 Å². The number of rotatable bonds is 11. The van der Waals surface area contributed by atoms with Crippen LogP contribution in [-0.4, -0.2) is 73.4 Å². The Labute approximate surface area is 285 Å². The molecule has 0 aliphatic carbocycles. The van der Waals surface area contributed by atoms with Crippen molar-refractivity contribution in [2.24, 2.45) is 16.7 Å². The third kappa shape index (κ3) is 9.10. The highest BCUT2D eigenvalue weighted by Crippen LogP contribution is 2.40. The van der Waals surface area contributed by atoms with Crippen LogP contribution in [0.2, 0.25) is 0 Å². The molecule has 1 unspecified atom stereocenters. The van der Waals surface area contributed by atoms with Crippen LogP contribution < -0.4 is 20.3 Å². The summed E-state index contributed by atoms with van der Waals surface area (Å²) in [5, 5.41) is 7.68. The molecule has 3 heterocycles. The molecule has 47 heavy (non-hydrogen) atoms. The number of para-hydroxylation sites is 1. The zero-order valence-corrected chi connectivity index (χ0v) is 30.9. The fourth-order valence-corrected chi connectivity index (χ4v) is 7.66. The Bertz CT molecular complexity index is 1360. The minimum absolute atomic E-state index is 0.0684. The van der Waals surface area contributed by atoms with Crippen LogP contribution in [0.5, 0.6) is 5.75 Å². The standard InChI is InChI=1S/C40H62N4O3/c1-28(41-37(2,3)4)29-15-17-30(18-16-29)43-22-19-31(23-43)46-26-38(5,6)20-21-40(9,10)42-34-25-44-24-33(34)39(7,8)27-47-35-14-12-11-13-32(35)36(44)45/h11-18,28,31,33-34,41-42H,19-27H2,1-10H3/t28?,31-,33+,34+/m1/s1. The van der Waals surface area contributed by atoms with Crippen molar-refractivity contribution >= 4 is 11.6 Å². The van der Waals surface area contributed by atoms with Crippen LogP contribution in [0.3, 0.4) is 0 Å². The summed E-state index contributed by atoms with van der Waals surface area (Å²) in [4.78, 5) is 18.0. The van der Waals surface area contributed by atoms with Gasteiger partial charge in [-0.25, -0.2) is 0 Å². The lowest BCUT2D eigenvalue weighted by Gasteiger charge is -2.40. The third-order valence-electron chi connectivity index (χ3n) is 10.6. The van der Waals surface area contributed by atoms with Gasteiger partial charge in [0.25, 0.3) is 5.91 Å². The van der Waals surface area contributed by atoms with E-state index in [4.69, 9.17) is 9.47 Å². The van der Waals surface area contributed by atoms with Crippen LogP contribution >= 0.6 is 0 Å². The first-order valence-corrected chi connectivity index (χ1v) is 17.9. The van der Waals surface area contributed by atoms with E-state index >= 15 is 0 Å². The van der Waals surface area contributed by atoms with Crippen LogP contribution in [0.15, 0.2) is 48.5 Å². The van der Waals surface area contributed by atoms with E-state index in [-0.39, 0.29) is 40.0 Å². The predicted molar refractivity (Wildman–Crippen MR) is 193 cm³/mol. The SMILES string of the molecule is CC(NC(C)(C)C)c1ccc(N2CC[C@@H](OCC(C)(C)CCC(C)(C)N[C@H]3CN4C[C@@H]3C(C)(C)COc3ccccc3C4=O)C2)cc1. The zero-order valence-electron chi connectivity index (χ0n) is 30.9. The van der Waals surface area contributed by atoms with Crippen molar-refractivity contribution in [2.45, 2.75) is 118 Å². The summed E-state index contributed by atoms with van der Waals surface area (Å²) in [6, 6.07) is 17.3. The molecule has 5 rings (SSSR count). The number of nitrogens with one attached hydrogen (secondary N) is 2. The van der Waals surface area contributed by atoms with E-state index < -0.39 is 0 Å². The number of hydrogen-bond donors (Lipinski definition) is 2. The molecular formula is C40H62N4O3. The molecule has 260 valence electrons. The second-order valence-corrected chi connectivity index (χ2v) is 17.8. The molecule has 2 aromatic carbocycles. The van der Waals surface area contributed by atoms with Crippen molar-refractivity contribution in [3.63, 3.8) is 0 Å². The van der Waals surface area contributed by atoms with Gasteiger partial charge in [0.15, 0.2) is 0 Å². The molecule has 7 nitrogen and oxygen atoms in total. The normalized spacial score (nSPS) is 24.0. The number of carbonyl (C=O) groups is 1. The summed E-state index contributed by atoms with van der Waals surface area (Å²) in [6.45, 7) is 27.6. The number of anilines is 1. The van der Waals surface area contributed by atoms with Crippen molar-refractivity contribution in [1.29, 1.82) is 0 Å². The molecule has 0 spiro atoms. The minimum atomic E-state index is -0.0770. The Morgan fingerprint density at radius 2 is 1.64 bits per heavy atom. The molecule has 1 amide bonds. The van der Waals surface area contributed by atoms with Gasteiger partial charge in [-0.15, -0.1) is 0 Å². The van der Waals surface area contributed by atoms with Crippen LogP contribution in [-0.2, 0) is 4.74 Å². The molecule has 0 saturated carbocycles. The smallest absolute Gasteiger partial charge is 0.257 e. The van der Waals surface area contributed by atoms with E-state index in [0.29, 0.717) is 29.9 Å². The number of carbonyl (C=O) groups excluding carboxylic acids is 1. The van der Waals surface area contributed by atoms with Gasteiger partial charge < -0.3 is 29.9 Å². The second kappa shape index (κ2) is 13.7. The van der Waals surface area contributed by atoms with Gasteiger partial charge >= 0.3 is 0 Å². The molecule has 4 atom stereocenters. The number of benzene rings is 2. The molecule has 3 aliphatic rings. The highest BCUT2D eigenvalue weighted by atomic mass is 16.5. The molecule has 2 bridgehead atoms. The Kier molecular flexibility index (Phi) is 10.4. The van der Waals surface area contributed by atoms with Crippen LogP contribution in [0.4, 0.5) is 5.69 Å². The van der Waals surface area contributed by atoms with Crippen molar-refractivity contribution in [1.82, 2.24) is 15.5 Å². The third-order valence-corrected chi connectivity index (χ3v) is 10.6. The van der Waals surface area contributed by atoms with Gasteiger partial charge in [0.1, 0.15) is 5.75 Å². The highest BCUT2D eigenvalue weighted by molar-refractivity contribution is 5.97. The summed E-state index contributed by atoms with van der Waals surface area (Å²) in [7, 11) is 0. The first-order valence-electron chi connectivity index (χ1n) is 17.9. The maximum atomic E-state index is 13.5. The lowest BCUT2D eigenvalue weighted by Crippen LogP contribution is -2.53. The highest BCUT2D eigenvalue weighted by Gasteiger charge is 2.47. The summed E-state index contributed by atoms with van der Waals surface area (Å²) >= 11 is 0. The maximum absolute atomic E-state index is 13.5. The molecule has 7 heteroatoms. The first-order chi connectivity index (χ1) is 21.9. The molecular weight excluding hydrogens is 584 g/mol. The number of ether oxygens (including phenoxy) is 2. The fraction of sp³-hybridized carbons (Fsp3) is 0.675. The van der Waals surface area contributed by atoms with Gasteiger partial charge in [0.05, 0.1) is 24.9 Å². The van der Waals surface area contributed by atoms with E-state index in [1.54, 1.807) is 0 Å². The number of fused-ring (bicyclic) bond motifs is 3. The summed E-state index contributed by atoms with van der Waals surface area (Å²) in [6.07, 6.45) is 3.42. The minimum Gasteiger partial charge on any atom is -0.492 e. The maximum Gasteiger partial charge on any atom is 0.257 e. The molecule has 0 radical (unpaired) electrons. The average Bonchev–Trinajstić information content (AvgIpc) is 3.65. The van der Waals surface area contributed by atoms with Gasteiger partial charge in [0, 0.05) is 66.4 Å². The second-order valence-electron chi connectivity index (χ2n) is 17.8. The fourth-order valence-electron chi connectivity index (χ4n) is 7.66. The van der Waals surface area contributed by atoms with Crippen LogP contribution in [0, 0.1) is 16.7 Å². The van der Waals surface area contributed by atoms with Gasteiger partial charge in [-0.3, -0.25) is 4.79 Å². The van der Waals surface area contributed by atoms with Crippen LogP contribution in [0.1, 0.15) is 110 Å². The van der Waals surface area contributed by atoms with Gasteiger partial charge in [0.2, 0.25) is 0 Å². The summed E-state index contributed by atoms with van der Waals surface area (Å²) in [5.74, 6) is 1.08. The van der Waals surface area contributed by atoms with Crippen molar-refractivity contribution in [2.75, 3.05) is 44.3 Å². The number of amides is 1. The topological polar surface area (TPSA) is 66.1 Å². The summed E-state index contributed by atoms with van der Waals surface area (Å²) < 4.78 is 12.8. The van der Waals surface area contributed by atoms with E-state index in [1.165, 1.54) is 11.3 Å². The molecule has 2 saturated heterocycles. The zero-order chi connectivity index (χ0) is 34.2. The Balaban J connectivity index is 1.11. The number of nitrogens with zero attached hydrogens (tertiary/aromatic N) is 2. The molecule has 2 N–H and O–H groups in total. The van der Waals surface area contributed by atoms with Crippen molar-refractivity contribution in [3.8, 4) is 5.75 Å². The lowest BCUT2D eigenvalue weighted by atomic mass is 9.75. The van der Waals surface area contributed by atoms with Gasteiger partial charge in [-0.1, -0.05) is 52.0 Å². The predicted octanol–water partition coefficient (Wildman–Crippen LogP) is 7.47. The Morgan fingerprint density at radius 3 is 2.34 bits per heavy atom. The largest absolute Gasteiger partial charge is 0.492 e. The van der Waals surface area contributed by atoms with E-state index in [0.717, 1.165) is 52.0 Å². The molecule has 0 aromatic heterocycles. The summed E-state index contributed by atoms with van der Waals surface area (Å²) in [5.41, 5.74) is 3.28. The molecule has 2 aromatic rings. The van der Waals surface area contributed by atoms with E-state index in [9.17, 15) is 4.79 Å². The van der Waals surface area contributed by atoms with Crippen molar-refractivity contribution in [3.05, 3.63) is 59.7 Å². The van der Waals surface area contributed by atoms with Gasteiger partial charge in [-0.05, 0) is 96.0 Å². The lowest BCUT2D eigenvalue weighted by molar-refractivity contribution is 0.00725. The molecule has 3 aliphatic heterocycles. The quantitative estimate of drug-likeness (QED) is 0.264. The Hall–Kier alpha value is -2.61. The van der Waals surface area contributed by atoms with Crippen molar-refractivity contribution < 1.29 is 14.3 Å². The van der Waals surface area contributed by atoms with Gasteiger partial charge in [-0.2, -0.15) is 0 Å². The first kappa shape index (κ1) is 35.7. The monoisotopic (exact) mass is 646 g/mol. The van der Waals surface area contributed by atoms with Crippen LogP contribution in [0.25, 0.3) is 0 Å². The molecule has 2 fully saturated rings. The van der Waals surface area contributed by atoms with E-state index in [1.807, 2.05) is 29.2 Å². The average molecular weight is 647 g/mol. The number of hydrogen-bond acceptors (Lipinski definition) is 6.